The van der Waals surface area contributed by atoms with Gasteiger partial charge in [-0.15, -0.1) is 18.3 Å². The number of carbonyl (C=O) groups is 3. The van der Waals surface area contributed by atoms with Crippen molar-refractivity contribution in [2.75, 3.05) is 26.3 Å². The molecule has 7 nitrogen and oxygen atoms in total. The Morgan fingerprint density at radius 3 is 2.70 bits per heavy atom. The van der Waals surface area contributed by atoms with E-state index in [1.54, 1.807) is 29.7 Å². The number of aliphatic hydroxyl groups excluding tert-OH is 1. The summed E-state index contributed by atoms with van der Waals surface area (Å²) in [6, 6.07) is -0.456. The van der Waals surface area contributed by atoms with Crippen molar-refractivity contribution >= 4 is 29.5 Å². The Hall–Kier alpha value is -1.54. The van der Waals surface area contributed by atoms with Crippen LogP contribution in [0.4, 0.5) is 0 Å². The Kier molecular flexibility index (Phi) is 7.44. The van der Waals surface area contributed by atoms with Gasteiger partial charge in [-0.3, -0.25) is 14.4 Å². The van der Waals surface area contributed by atoms with Gasteiger partial charge in [0.15, 0.2) is 0 Å². The van der Waals surface area contributed by atoms with Crippen LogP contribution in [0.3, 0.4) is 0 Å². The first-order valence-electron chi connectivity index (χ1n) is 12.6. The van der Waals surface area contributed by atoms with Crippen molar-refractivity contribution in [1.29, 1.82) is 0 Å². The van der Waals surface area contributed by atoms with Gasteiger partial charge in [0.25, 0.3) is 0 Å². The van der Waals surface area contributed by atoms with Gasteiger partial charge in [0.05, 0.1) is 23.2 Å². The van der Waals surface area contributed by atoms with E-state index in [0.29, 0.717) is 19.5 Å². The number of aliphatic hydroxyl groups is 1. The highest BCUT2D eigenvalue weighted by Crippen LogP contribution is 2.68. The summed E-state index contributed by atoms with van der Waals surface area (Å²) in [5, 5.41) is 9.51. The Morgan fingerprint density at radius 1 is 1.33 bits per heavy atom. The van der Waals surface area contributed by atoms with E-state index in [0.717, 1.165) is 32.1 Å². The summed E-state index contributed by atoms with van der Waals surface area (Å²) in [6.07, 6.45) is 8.36. The number of rotatable bonds is 9. The number of carbonyl (C=O) groups excluding carboxylic acids is 3. The lowest BCUT2D eigenvalue weighted by Gasteiger charge is -2.43. The average molecular weight is 479 g/mol. The fourth-order valence-corrected chi connectivity index (χ4v) is 9.30. The van der Waals surface area contributed by atoms with Gasteiger partial charge in [-0.1, -0.05) is 32.3 Å². The van der Waals surface area contributed by atoms with Crippen LogP contribution in [-0.2, 0) is 19.1 Å². The van der Waals surface area contributed by atoms with E-state index in [1.165, 1.54) is 6.42 Å². The summed E-state index contributed by atoms with van der Waals surface area (Å²) in [5.74, 6) is -1.36. The predicted molar refractivity (Wildman–Crippen MR) is 127 cm³/mol. The van der Waals surface area contributed by atoms with Crippen LogP contribution in [0.2, 0.25) is 0 Å². The molecule has 8 heteroatoms. The van der Waals surface area contributed by atoms with Gasteiger partial charge in [-0.05, 0) is 38.5 Å². The Bertz CT molecular complexity index is 785. The number of likely N-dealkylation sites (tertiary alicyclic amines) is 1. The second-order valence-electron chi connectivity index (χ2n) is 9.98. The van der Waals surface area contributed by atoms with Gasteiger partial charge < -0.3 is 19.6 Å². The van der Waals surface area contributed by atoms with E-state index in [-0.39, 0.29) is 48.2 Å². The number of nitrogens with zero attached hydrogens (tertiary/aromatic N) is 2. The molecule has 0 radical (unpaired) electrons. The van der Waals surface area contributed by atoms with Crippen LogP contribution in [0.5, 0.6) is 0 Å². The number of amides is 2. The van der Waals surface area contributed by atoms with Crippen LogP contribution >= 0.6 is 11.8 Å². The van der Waals surface area contributed by atoms with Gasteiger partial charge in [-0.2, -0.15) is 0 Å². The molecule has 3 heterocycles. The standard InChI is InChI=1S/C25H38N2O5S/c1-4-12-26(17-10-7-6-8-11-17)23(30)21-25-16(3)15-18(33-25)19(24(31)32-5-2)20(25)22(29)27(21)13-9-14-28/h4,16-21,28H,1,5-15H2,2-3H3/t16?,18-,19+,20+,21?,25?/m1/s1. The van der Waals surface area contributed by atoms with Crippen molar-refractivity contribution < 1.29 is 24.2 Å². The van der Waals surface area contributed by atoms with E-state index in [9.17, 15) is 19.5 Å². The summed E-state index contributed by atoms with van der Waals surface area (Å²) in [5.41, 5.74) is 0. The number of ether oxygens (including phenoxy) is 1. The minimum atomic E-state index is -0.625. The van der Waals surface area contributed by atoms with Gasteiger partial charge >= 0.3 is 5.97 Å². The molecule has 2 amide bonds. The summed E-state index contributed by atoms with van der Waals surface area (Å²) in [7, 11) is 0. The number of hydrogen-bond acceptors (Lipinski definition) is 6. The van der Waals surface area contributed by atoms with Crippen molar-refractivity contribution in [2.45, 2.75) is 80.9 Å². The highest BCUT2D eigenvalue weighted by molar-refractivity contribution is 8.02. The third kappa shape index (κ3) is 3.91. The molecule has 0 aromatic rings. The molecule has 0 aromatic carbocycles. The maximum atomic E-state index is 14.3. The molecule has 3 aliphatic heterocycles. The summed E-state index contributed by atoms with van der Waals surface area (Å²) >= 11 is 1.68. The van der Waals surface area contributed by atoms with Crippen LogP contribution in [0, 0.1) is 17.8 Å². The normalized spacial score (nSPS) is 35.5. The zero-order valence-corrected chi connectivity index (χ0v) is 20.7. The lowest BCUT2D eigenvalue weighted by Crippen LogP contribution is -2.59. The highest BCUT2D eigenvalue weighted by atomic mass is 32.2. The van der Waals surface area contributed by atoms with Crippen molar-refractivity contribution in [3.63, 3.8) is 0 Å². The maximum Gasteiger partial charge on any atom is 0.310 e. The van der Waals surface area contributed by atoms with E-state index in [1.807, 2.05) is 4.90 Å². The van der Waals surface area contributed by atoms with Gasteiger partial charge in [0.2, 0.25) is 11.8 Å². The van der Waals surface area contributed by atoms with Crippen LogP contribution in [0.25, 0.3) is 0 Å². The van der Waals surface area contributed by atoms with Crippen molar-refractivity contribution in [3.8, 4) is 0 Å². The Balaban J connectivity index is 1.74. The first-order valence-corrected chi connectivity index (χ1v) is 13.5. The van der Waals surface area contributed by atoms with Gasteiger partial charge in [-0.25, -0.2) is 0 Å². The predicted octanol–water partition coefficient (Wildman–Crippen LogP) is 2.62. The second-order valence-corrected chi connectivity index (χ2v) is 11.5. The third-order valence-electron chi connectivity index (χ3n) is 8.22. The minimum absolute atomic E-state index is 0.00540. The Morgan fingerprint density at radius 2 is 2.06 bits per heavy atom. The third-order valence-corrected chi connectivity index (χ3v) is 10.3. The molecular formula is C25H38N2O5S. The number of esters is 1. The number of hydrogen-bond donors (Lipinski definition) is 1. The molecule has 1 spiro atoms. The zero-order valence-electron chi connectivity index (χ0n) is 19.9. The maximum absolute atomic E-state index is 14.3. The number of thioether (sulfide) groups is 1. The van der Waals surface area contributed by atoms with E-state index >= 15 is 0 Å². The van der Waals surface area contributed by atoms with Crippen LogP contribution in [0.1, 0.15) is 58.8 Å². The summed E-state index contributed by atoms with van der Waals surface area (Å²) < 4.78 is 4.76. The highest BCUT2D eigenvalue weighted by Gasteiger charge is 2.76. The quantitative estimate of drug-likeness (QED) is 0.405. The molecule has 3 saturated heterocycles. The molecule has 184 valence electrons. The smallest absolute Gasteiger partial charge is 0.310 e. The lowest BCUT2D eigenvalue weighted by molar-refractivity contribution is -0.154. The molecule has 2 bridgehead atoms. The molecule has 1 N–H and O–H groups in total. The second kappa shape index (κ2) is 9.98. The van der Waals surface area contributed by atoms with Gasteiger partial charge in [0.1, 0.15) is 6.04 Å². The Labute approximate surface area is 201 Å². The molecule has 4 rings (SSSR count). The van der Waals surface area contributed by atoms with Crippen LogP contribution < -0.4 is 0 Å². The van der Waals surface area contributed by atoms with Crippen molar-refractivity contribution in [3.05, 3.63) is 12.7 Å². The zero-order chi connectivity index (χ0) is 23.8. The molecule has 4 aliphatic rings. The van der Waals surface area contributed by atoms with Crippen molar-refractivity contribution in [2.24, 2.45) is 17.8 Å². The topological polar surface area (TPSA) is 87.2 Å². The minimum Gasteiger partial charge on any atom is -0.466 e. The van der Waals surface area contributed by atoms with Crippen molar-refractivity contribution in [1.82, 2.24) is 9.80 Å². The van der Waals surface area contributed by atoms with Crippen LogP contribution in [0.15, 0.2) is 12.7 Å². The lowest BCUT2D eigenvalue weighted by atomic mass is 9.66. The molecule has 1 saturated carbocycles. The summed E-state index contributed by atoms with van der Waals surface area (Å²) in [6.45, 7) is 8.83. The van der Waals surface area contributed by atoms with E-state index < -0.39 is 22.6 Å². The van der Waals surface area contributed by atoms with E-state index in [4.69, 9.17) is 4.74 Å². The molecule has 4 fully saturated rings. The molecular weight excluding hydrogens is 440 g/mol. The summed E-state index contributed by atoms with van der Waals surface area (Å²) in [4.78, 5) is 44.8. The first kappa shape index (κ1) is 24.6. The number of fused-ring (bicyclic) bond motifs is 1. The molecule has 33 heavy (non-hydrogen) atoms. The fourth-order valence-electron chi connectivity index (χ4n) is 6.90. The molecule has 1 aliphatic carbocycles. The van der Waals surface area contributed by atoms with E-state index in [2.05, 4.69) is 13.5 Å². The first-order chi connectivity index (χ1) is 15.9. The molecule has 0 aromatic heterocycles. The monoisotopic (exact) mass is 478 g/mol. The molecule has 3 unspecified atom stereocenters. The molecule has 6 atom stereocenters. The van der Waals surface area contributed by atoms with Crippen LogP contribution in [-0.4, -0.2) is 81.1 Å². The average Bonchev–Trinajstić information content (AvgIpc) is 3.40. The fraction of sp³-hybridized carbons (Fsp3) is 0.800. The largest absolute Gasteiger partial charge is 0.466 e. The van der Waals surface area contributed by atoms with Gasteiger partial charge in [0, 0.05) is 31.0 Å². The SMILES string of the molecule is C=CCN(C(=O)C1N(CCCO)C(=O)[C@@H]2[C@@H](C(=O)OCC)[C@H]3CC(C)C12S3)C1CCCCC1.